The molecular formula is C23H23F4N5O6S. The molecule has 3 atom stereocenters. The van der Waals surface area contributed by atoms with E-state index in [1.807, 2.05) is 4.72 Å². The number of aliphatic hydroxyl groups is 1. The number of nitrogens with one attached hydrogen (secondary N) is 2. The van der Waals surface area contributed by atoms with Gasteiger partial charge in [0.25, 0.3) is 0 Å². The molecular weight excluding hydrogens is 550 g/mol. The number of hydrogen-bond acceptors (Lipinski definition) is 9. The van der Waals surface area contributed by atoms with Gasteiger partial charge in [0.05, 0.1) is 11.7 Å². The Morgan fingerprint density at radius 2 is 2.03 bits per heavy atom. The fraction of sp³-hybridized carbons (Fsp3) is 0.348. The van der Waals surface area contributed by atoms with Crippen LogP contribution in [0.25, 0.3) is 0 Å². The average Bonchev–Trinajstić information content (AvgIpc) is 3.46. The van der Waals surface area contributed by atoms with Crippen LogP contribution in [-0.2, 0) is 21.0 Å². The van der Waals surface area contributed by atoms with Crippen molar-refractivity contribution in [1.29, 1.82) is 0 Å². The number of hydrogen-bond donors (Lipinski definition) is 3. The molecule has 0 spiro atoms. The molecule has 3 aromatic rings. The molecule has 1 aromatic carbocycles. The van der Waals surface area contributed by atoms with Gasteiger partial charge in [-0.3, -0.25) is 8.98 Å². The van der Waals surface area contributed by atoms with Gasteiger partial charge in [0.15, 0.2) is 17.3 Å². The zero-order chi connectivity index (χ0) is 28.4. The van der Waals surface area contributed by atoms with Gasteiger partial charge in [0.2, 0.25) is 0 Å². The number of halogens is 4. The molecule has 0 unspecified atom stereocenters. The highest BCUT2D eigenvalue weighted by molar-refractivity contribution is 7.84. The van der Waals surface area contributed by atoms with Crippen LogP contribution in [0.5, 0.6) is 5.75 Å². The zero-order valence-electron chi connectivity index (χ0n) is 20.2. The van der Waals surface area contributed by atoms with Gasteiger partial charge in [-0.05, 0) is 36.6 Å². The van der Waals surface area contributed by atoms with Gasteiger partial charge in [0.1, 0.15) is 18.2 Å². The molecule has 0 radical (unpaired) electrons. The number of aromatic nitrogens is 3. The van der Waals surface area contributed by atoms with E-state index in [0.29, 0.717) is 5.56 Å². The van der Waals surface area contributed by atoms with Gasteiger partial charge in [-0.2, -0.15) is 13.1 Å². The standard InChI is InChI=1S/C23H23F4N5O6S/c1-28-39(35,36)38-20-8-15(7-18(20)33)31-22-16(9-29-12-30-22)21(34)14-4-5-32(11-14)10-13-2-3-17(24)19(6-13)37-23(25,26)27/h2-6,9,11-12,15,18,20,28,33H,7-8,10H2,1H3,(H,29,30,31)/t15-,18+,20-/m1/s1. The lowest BCUT2D eigenvalue weighted by Gasteiger charge is -2.15. The van der Waals surface area contributed by atoms with Crippen LogP contribution in [0.2, 0.25) is 0 Å². The molecule has 2 heterocycles. The van der Waals surface area contributed by atoms with Crippen molar-refractivity contribution in [2.75, 3.05) is 12.4 Å². The Balaban J connectivity index is 1.46. The predicted molar refractivity (Wildman–Crippen MR) is 128 cm³/mol. The summed E-state index contributed by atoms with van der Waals surface area (Å²) in [5, 5.41) is 13.2. The molecule has 1 fully saturated rings. The summed E-state index contributed by atoms with van der Waals surface area (Å²) in [7, 11) is -2.84. The number of anilines is 1. The smallest absolute Gasteiger partial charge is 0.403 e. The Morgan fingerprint density at radius 3 is 2.74 bits per heavy atom. The van der Waals surface area contributed by atoms with E-state index in [-0.39, 0.29) is 36.3 Å². The van der Waals surface area contributed by atoms with Crippen LogP contribution in [0.3, 0.4) is 0 Å². The second kappa shape index (κ2) is 11.3. The van der Waals surface area contributed by atoms with Gasteiger partial charge in [-0.25, -0.2) is 14.4 Å². The van der Waals surface area contributed by atoms with E-state index >= 15 is 0 Å². The highest BCUT2D eigenvalue weighted by Crippen LogP contribution is 2.29. The first-order chi connectivity index (χ1) is 18.3. The van der Waals surface area contributed by atoms with Crippen LogP contribution in [-0.4, -0.2) is 65.5 Å². The number of rotatable bonds is 10. The Kier molecular flexibility index (Phi) is 8.20. The molecule has 210 valence electrons. The molecule has 0 amide bonds. The van der Waals surface area contributed by atoms with Crippen LogP contribution < -0.4 is 14.8 Å². The van der Waals surface area contributed by atoms with Crippen molar-refractivity contribution in [2.45, 2.75) is 44.0 Å². The van der Waals surface area contributed by atoms with Crippen molar-refractivity contribution in [1.82, 2.24) is 19.3 Å². The summed E-state index contributed by atoms with van der Waals surface area (Å²) >= 11 is 0. The Bertz CT molecular complexity index is 1450. The van der Waals surface area contributed by atoms with Crippen molar-refractivity contribution >= 4 is 21.9 Å². The first kappa shape index (κ1) is 28.4. The molecule has 0 bridgehead atoms. The average molecular weight is 574 g/mol. The number of alkyl halides is 3. The molecule has 4 rings (SSSR count). The molecule has 16 heteroatoms. The van der Waals surface area contributed by atoms with Crippen LogP contribution >= 0.6 is 0 Å². The lowest BCUT2D eigenvalue weighted by Crippen LogP contribution is -2.31. The van der Waals surface area contributed by atoms with Gasteiger partial charge in [-0.1, -0.05) is 6.07 Å². The SMILES string of the molecule is CNS(=O)(=O)O[C@@H]1C[C@H](Nc2ncncc2C(=O)c2ccn(Cc3ccc(F)c(OC(F)(F)F)c3)c2)C[C@@H]1O. The molecule has 1 aliphatic rings. The molecule has 0 aliphatic heterocycles. The minimum absolute atomic E-state index is 0.0229. The fourth-order valence-electron chi connectivity index (χ4n) is 4.10. The topological polar surface area (TPSA) is 145 Å². The number of aliphatic hydroxyl groups excluding tert-OH is 1. The van der Waals surface area contributed by atoms with Gasteiger partial charge >= 0.3 is 16.7 Å². The zero-order valence-corrected chi connectivity index (χ0v) is 21.0. The maximum Gasteiger partial charge on any atom is 0.573 e. The fourth-order valence-corrected chi connectivity index (χ4v) is 4.73. The number of benzene rings is 1. The second-order valence-corrected chi connectivity index (χ2v) is 10.2. The lowest BCUT2D eigenvalue weighted by molar-refractivity contribution is -0.275. The highest BCUT2D eigenvalue weighted by atomic mass is 32.2. The minimum Gasteiger partial charge on any atom is -0.403 e. The number of carbonyl (C=O) groups excluding carboxylic acids is 1. The second-order valence-electron chi connectivity index (χ2n) is 8.67. The quantitative estimate of drug-likeness (QED) is 0.246. The van der Waals surface area contributed by atoms with E-state index in [2.05, 4.69) is 20.0 Å². The lowest BCUT2D eigenvalue weighted by atomic mass is 10.1. The van der Waals surface area contributed by atoms with Crippen molar-refractivity contribution < 1.29 is 44.8 Å². The van der Waals surface area contributed by atoms with E-state index in [0.717, 1.165) is 12.1 Å². The van der Waals surface area contributed by atoms with Crippen molar-refractivity contribution in [3.8, 4) is 5.75 Å². The number of nitrogens with zero attached hydrogens (tertiary/aromatic N) is 3. The maximum atomic E-state index is 13.7. The van der Waals surface area contributed by atoms with E-state index < -0.39 is 52.3 Å². The summed E-state index contributed by atoms with van der Waals surface area (Å²) < 4.78 is 86.8. The number of carbonyl (C=O) groups is 1. The molecule has 0 saturated heterocycles. The Morgan fingerprint density at radius 1 is 1.26 bits per heavy atom. The molecule has 2 aromatic heterocycles. The van der Waals surface area contributed by atoms with Crippen LogP contribution in [0.1, 0.15) is 34.3 Å². The third-order valence-corrected chi connectivity index (χ3v) is 6.87. The summed E-state index contributed by atoms with van der Waals surface area (Å²) in [4.78, 5) is 21.2. The normalized spacial score (nSPS) is 19.7. The highest BCUT2D eigenvalue weighted by Gasteiger charge is 2.37. The largest absolute Gasteiger partial charge is 0.573 e. The van der Waals surface area contributed by atoms with E-state index in [4.69, 9.17) is 4.18 Å². The Hall–Kier alpha value is -3.60. The minimum atomic E-state index is -5.05. The van der Waals surface area contributed by atoms with Gasteiger partial charge in [0, 0.05) is 43.8 Å². The van der Waals surface area contributed by atoms with E-state index in [1.54, 1.807) is 0 Å². The molecule has 11 nitrogen and oxygen atoms in total. The van der Waals surface area contributed by atoms with Crippen LogP contribution in [0, 0.1) is 5.82 Å². The molecule has 1 aliphatic carbocycles. The Labute approximate surface area is 220 Å². The van der Waals surface area contributed by atoms with Gasteiger partial charge in [-0.15, -0.1) is 13.2 Å². The summed E-state index contributed by atoms with van der Waals surface area (Å²) in [5.74, 6) is -2.44. The maximum absolute atomic E-state index is 13.7. The predicted octanol–water partition coefficient (Wildman–Crippen LogP) is 2.38. The number of ether oxygens (including phenoxy) is 1. The van der Waals surface area contributed by atoms with Crippen LogP contribution in [0.15, 0.2) is 49.2 Å². The van der Waals surface area contributed by atoms with Gasteiger partial charge < -0.3 is 19.7 Å². The third-order valence-electron chi connectivity index (χ3n) is 5.87. The van der Waals surface area contributed by atoms with Crippen molar-refractivity contribution in [3.63, 3.8) is 0 Å². The van der Waals surface area contributed by atoms with E-state index in [9.17, 15) is 35.9 Å². The summed E-state index contributed by atoms with van der Waals surface area (Å²) in [5.41, 5.74) is 0.613. The number of ketones is 1. The first-order valence-corrected chi connectivity index (χ1v) is 12.9. The summed E-state index contributed by atoms with van der Waals surface area (Å²) in [6.45, 7) is 0.0229. The first-order valence-electron chi connectivity index (χ1n) is 11.4. The van der Waals surface area contributed by atoms with E-state index in [1.165, 1.54) is 48.7 Å². The van der Waals surface area contributed by atoms with Crippen molar-refractivity contribution in [3.05, 3.63) is 71.7 Å². The summed E-state index contributed by atoms with van der Waals surface area (Å²) in [6, 6.07) is 4.10. The third kappa shape index (κ3) is 7.29. The molecule has 39 heavy (non-hydrogen) atoms. The molecule has 1 saturated carbocycles. The monoisotopic (exact) mass is 573 g/mol. The van der Waals surface area contributed by atoms with Crippen LogP contribution in [0.4, 0.5) is 23.4 Å². The summed E-state index contributed by atoms with van der Waals surface area (Å²) in [6.07, 6.45) is -1.38. The van der Waals surface area contributed by atoms with Crippen molar-refractivity contribution in [2.24, 2.45) is 0 Å². The molecule has 3 N–H and O–H groups in total.